The smallest absolute Gasteiger partial charge is 0.134 e. The monoisotopic (exact) mass is 276 g/mol. The van der Waals surface area contributed by atoms with Crippen LogP contribution in [0.3, 0.4) is 0 Å². The number of fused-ring (bicyclic) bond motifs is 1. The fourth-order valence-corrected chi connectivity index (χ4v) is 2.47. The van der Waals surface area contributed by atoms with Crippen molar-refractivity contribution in [1.82, 2.24) is 9.88 Å². The highest BCUT2D eigenvalue weighted by Gasteiger charge is 2.09. The van der Waals surface area contributed by atoms with Crippen molar-refractivity contribution < 1.29 is 0 Å². The number of halogens is 1. The molecule has 0 radical (unpaired) electrons. The lowest BCUT2D eigenvalue weighted by Gasteiger charge is -2.21. The van der Waals surface area contributed by atoms with Crippen LogP contribution in [0.15, 0.2) is 30.3 Å². The molecule has 0 saturated carbocycles. The first-order chi connectivity index (χ1) is 9.10. The Hall–Kier alpha value is -1.12. The SMILES string of the molecule is CCC(C)CN(C)Cc1cc2ccccc2nc1Cl. The van der Waals surface area contributed by atoms with E-state index in [4.69, 9.17) is 11.6 Å². The largest absolute Gasteiger partial charge is 0.302 e. The molecule has 1 aromatic carbocycles. The van der Waals surface area contributed by atoms with Gasteiger partial charge in [-0.3, -0.25) is 0 Å². The molecular weight excluding hydrogens is 256 g/mol. The van der Waals surface area contributed by atoms with Crippen LogP contribution in [0.5, 0.6) is 0 Å². The highest BCUT2D eigenvalue weighted by molar-refractivity contribution is 6.30. The van der Waals surface area contributed by atoms with Gasteiger partial charge in [0.15, 0.2) is 0 Å². The van der Waals surface area contributed by atoms with E-state index in [1.807, 2.05) is 18.2 Å². The Morgan fingerprint density at radius 3 is 2.79 bits per heavy atom. The summed E-state index contributed by atoms with van der Waals surface area (Å²) in [6, 6.07) is 10.2. The minimum absolute atomic E-state index is 0.620. The van der Waals surface area contributed by atoms with Crippen LogP contribution in [0, 0.1) is 5.92 Å². The van der Waals surface area contributed by atoms with Crippen LogP contribution in [0.1, 0.15) is 25.8 Å². The Morgan fingerprint density at radius 2 is 2.05 bits per heavy atom. The van der Waals surface area contributed by atoms with Gasteiger partial charge >= 0.3 is 0 Å². The molecule has 1 heterocycles. The highest BCUT2D eigenvalue weighted by atomic mass is 35.5. The average Bonchev–Trinajstić information content (AvgIpc) is 2.39. The van der Waals surface area contributed by atoms with E-state index >= 15 is 0 Å². The van der Waals surface area contributed by atoms with Crippen LogP contribution in [-0.2, 0) is 6.54 Å². The lowest BCUT2D eigenvalue weighted by molar-refractivity contribution is 0.275. The van der Waals surface area contributed by atoms with Crippen LogP contribution in [0.25, 0.3) is 10.9 Å². The Labute approximate surface area is 120 Å². The zero-order valence-electron chi connectivity index (χ0n) is 11.9. The molecule has 0 aliphatic carbocycles. The van der Waals surface area contributed by atoms with Gasteiger partial charge < -0.3 is 4.90 Å². The Kier molecular flexibility index (Phi) is 4.78. The molecule has 102 valence electrons. The molecule has 0 bridgehead atoms. The molecule has 0 spiro atoms. The molecule has 0 N–H and O–H groups in total. The van der Waals surface area contributed by atoms with Crippen molar-refractivity contribution in [2.75, 3.05) is 13.6 Å². The third-order valence-electron chi connectivity index (χ3n) is 3.51. The number of para-hydroxylation sites is 1. The Bertz CT molecular complexity index is 553. The molecule has 0 saturated heterocycles. The van der Waals surface area contributed by atoms with Crippen molar-refractivity contribution in [3.8, 4) is 0 Å². The zero-order chi connectivity index (χ0) is 13.8. The van der Waals surface area contributed by atoms with Gasteiger partial charge in [0.25, 0.3) is 0 Å². The van der Waals surface area contributed by atoms with E-state index in [0.717, 1.165) is 29.6 Å². The first-order valence-electron chi connectivity index (χ1n) is 6.83. The quantitative estimate of drug-likeness (QED) is 0.754. The topological polar surface area (TPSA) is 16.1 Å². The van der Waals surface area contributed by atoms with E-state index in [1.165, 1.54) is 6.42 Å². The summed E-state index contributed by atoms with van der Waals surface area (Å²) >= 11 is 6.28. The first kappa shape index (κ1) is 14.3. The number of pyridine rings is 1. The number of rotatable bonds is 5. The molecule has 2 aromatic rings. The summed E-state index contributed by atoms with van der Waals surface area (Å²) in [6.07, 6.45) is 1.20. The second-order valence-electron chi connectivity index (χ2n) is 5.34. The van der Waals surface area contributed by atoms with Crippen LogP contribution in [-0.4, -0.2) is 23.5 Å². The van der Waals surface area contributed by atoms with Crippen molar-refractivity contribution >= 4 is 22.5 Å². The van der Waals surface area contributed by atoms with Crippen molar-refractivity contribution in [1.29, 1.82) is 0 Å². The van der Waals surface area contributed by atoms with E-state index < -0.39 is 0 Å². The number of benzene rings is 1. The summed E-state index contributed by atoms with van der Waals surface area (Å²) in [5, 5.41) is 1.77. The highest BCUT2D eigenvalue weighted by Crippen LogP contribution is 2.21. The van der Waals surface area contributed by atoms with E-state index in [9.17, 15) is 0 Å². The maximum atomic E-state index is 6.28. The summed E-state index contributed by atoms with van der Waals surface area (Å²) < 4.78 is 0. The van der Waals surface area contributed by atoms with Gasteiger partial charge in [-0.25, -0.2) is 4.98 Å². The first-order valence-corrected chi connectivity index (χ1v) is 7.20. The standard InChI is InChI=1S/C16H21ClN2/c1-4-12(2)10-19(3)11-14-9-13-7-5-6-8-15(13)18-16(14)17/h5-9,12H,4,10-11H2,1-3H3. The Balaban J connectivity index is 2.18. The molecule has 2 nitrogen and oxygen atoms in total. The van der Waals surface area contributed by atoms with E-state index in [-0.39, 0.29) is 0 Å². The van der Waals surface area contributed by atoms with Crippen molar-refractivity contribution in [3.63, 3.8) is 0 Å². The number of hydrogen-bond donors (Lipinski definition) is 0. The number of hydrogen-bond acceptors (Lipinski definition) is 2. The minimum Gasteiger partial charge on any atom is -0.302 e. The van der Waals surface area contributed by atoms with Gasteiger partial charge in [0.1, 0.15) is 5.15 Å². The van der Waals surface area contributed by atoms with Crippen LogP contribution < -0.4 is 0 Å². The molecule has 3 heteroatoms. The molecule has 0 fully saturated rings. The van der Waals surface area contributed by atoms with Crippen LogP contribution >= 0.6 is 11.6 Å². The molecule has 0 amide bonds. The molecule has 1 aromatic heterocycles. The number of aromatic nitrogens is 1. The summed E-state index contributed by atoms with van der Waals surface area (Å²) in [4.78, 5) is 6.78. The fourth-order valence-electron chi connectivity index (χ4n) is 2.26. The third-order valence-corrected chi connectivity index (χ3v) is 3.84. The maximum Gasteiger partial charge on any atom is 0.134 e. The summed E-state index contributed by atoms with van der Waals surface area (Å²) in [5.74, 6) is 0.706. The molecule has 0 aliphatic rings. The molecule has 1 unspecified atom stereocenters. The minimum atomic E-state index is 0.620. The molecule has 19 heavy (non-hydrogen) atoms. The van der Waals surface area contributed by atoms with Crippen molar-refractivity contribution in [3.05, 3.63) is 41.0 Å². The lowest BCUT2D eigenvalue weighted by Crippen LogP contribution is -2.24. The van der Waals surface area contributed by atoms with E-state index in [0.29, 0.717) is 11.1 Å². The van der Waals surface area contributed by atoms with Gasteiger partial charge in [-0.05, 0) is 25.1 Å². The molecular formula is C16H21ClN2. The number of nitrogens with zero attached hydrogens (tertiary/aromatic N) is 2. The summed E-state index contributed by atoms with van der Waals surface area (Å²) in [5.41, 5.74) is 2.06. The fraction of sp³-hybridized carbons (Fsp3) is 0.438. The third kappa shape index (κ3) is 3.68. The van der Waals surface area contributed by atoms with Crippen LogP contribution in [0.2, 0.25) is 5.15 Å². The lowest BCUT2D eigenvalue weighted by atomic mass is 10.1. The van der Waals surface area contributed by atoms with Crippen LogP contribution in [0.4, 0.5) is 0 Å². The predicted octanol–water partition coefficient (Wildman–Crippen LogP) is 4.37. The van der Waals surface area contributed by atoms with Gasteiger partial charge in [0, 0.05) is 24.0 Å². The second-order valence-corrected chi connectivity index (χ2v) is 5.70. The van der Waals surface area contributed by atoms with E-state index in [1.54, 1.807) is 0 Å². The molecule has 0 aliphatic heterocycles. The normalized spacial score (nSPS) is 13.1. The van der Waals surface area contributed by atoms with Crippen molar-refractivity contribution in [2.45, 2.75) is 26.8 Å². The molecule has 1 atom stereocenters. The maximum absolute atomic E-state index is 6.28. The predicted molar refractivity (Wildman–Crippen MR) is 82.5 cm³/mol. The second kappa shape index (κ2) is 6.36. The van der Waals surface area contributed by atoms with Gasteiger partial charge in [0.2, 0.25) is 0 Å². The van der Waals surface area contributed by atoms with Crippen molar-refractivity contribution in [2.24, 2.45) is 5.92 Å². The van der Waals surface area contributed by atoms with Gasteiger partial charge in [0.05, 0.1) is 5.52 Å². The average molecular weight is 277 g/mol. The Morgan fingerprint density at radius 1 is 1.32 bits per heavy atom. The zero-order valence-corrected chi connectivity index (χ0v) is 12.6. The van der Waals surface area contributed by atoms with Gasteiger partial charge in [-0.1, -0.05) is 50.1 Å². The molecule has 2 rings (SSSR count). The van der Waals surface area contributed by atoms with Gasteiger partial charge in [-0.2, -0.15) is 0 Å². The van der Waals surface area contributed by atoms with Gasteiger partial charge in [-0.15, -0.1) is 0 Å². The van der Waals surface area contributed by atoms with E-state index in [2.05, 4.69) is 42.9 Å². The summed E-state index contributed by atoms with van der Waals surface area (Å²) in [7, 11) is 2.14. The summed E-state index contributed by atoms with van der Waals surface area (Å²) in [6.45, 7) is 6.43.